The molecule has 0 radical (unpaired) electrons. The SMILES string of the molecule is COc1ccc(OC)c(N(CC(=O)NC(C)c2ccc(N3CCCC3)cc2)S(C)(=O)=O)c1. The van der Waals surface area contributed by atoms with Crippen LogP contribution in [0.4, 0.5) is 11.4 Å². The molecule has 1 N–H and O–H groups in total. The van der Waals surface area contributed by atoms with Crippen LogP contribution in [-0.2, 0) is 14.8 Å². The molecule has 1 amide bonds. The maximum Gasteiger partial charge on any atom is 0.241 e. The summed E-state index contributed by atoms with van der Waals surface area (Å²) < 4.78 is 36.5. The molecule has 1 aliphatic rings. The van der Waals surface area contributed by atoms with E-state index in [2.05, 4.69) is 22.3 Å². The van der Waals surface area contributed by atoms with Gasteiger partial charge in [0, 0.05) is 24.8 Å². The number of carbonyl (C=O) groups excluding carboxylic acids is 1. The fourth-order valence-electron chi connectivity index (χ4n) is 3.82. The zero-order valence-corrected chi connectivity index (χ0v) is 19.8. The zero-order chi connectivity index (χ0) is 23.3. The Bertz CT molecular complexity index is 1030. The van der Waals surface area contributed by atoms with E-state index in [1.165, 1.54) is 38.8 Å². The van der Waals surface area contributed by atoms with Crippen molar-refractivity contribution in [1.82, 2.24) is 5.32 Å². The smallest absolute Gasteiger partial charge is 0.241 e. The second-order valence-electron chi connectivity index (χ2n) is 7.88. The van der Waals surface area contributed by atoms with Gasteiger partial charge < -0.3 is 19.7 Å². The molecule has 1 atom stereocenters. The van der Waals surface area contributed by atoms with Crippen molar-refractivity contribution >= 4 is 27.3 Å². The Hall–Kier alpha value is -2.94. The Morgan fingerprint density at radius 2 is 1.75 bits per heavy atom. The monoisotopic (exact) mass is 461 g/mol. The molecule has 1 saturated heterocycles. The summed E-state index contributed by atoms with van der Waals surface area (Å²) in [5.41, 5.74) is 2.37. The summed E-state index contributed by atoms with van der Waals surface area (Å²) in [7, 11) is -0.825. The number of hydrogen-bond donors (Lipinski definition) is 1. The number of ether oxygens (including phenoxy) is 2. The van der Waals surface area contributed by atoms with E-state index in [-0.39, 0.29) is 18.3 Å². The van der Waals surface area contributed by atoms with Crippen LogP contribution in [0, 0.1) is 0 Å². The largest absolute Gasteiger partial charge is 0.497 e. The summed E-state index contributed by atoms with van der Waals surface area (Å²) >= 11 is 0. The molecule has 9 heteroatoms. The molecule has 32 heavy (non-hydrogen) atoms. The van der Waals surface area contributed by atoms with Crippen molar-refractivity contribution in [2.45, 2.75) is 25.8 Å². The Kier molecular flexibility index (Phi) is 7.50. The molecule has 2 aromatic carbocycles. The van der Waals surface area contributed by atoms with Crippen LogP contribution < -0.4 is 24.0 Å². The molecule has 1 aliphatic heterocycles. The number of anilines is 2. The normalized spacial score (nSPS) is 14.7. The topological polar surface area (TPSA) is 88.2 Å². The lowest BCUT2D eigenvalue weighted by Gasteiger charge is -2.25. The lowest BCUT2D eigenvalue weighted by molar-refractivity contribution is -0.120. The first-order chi connectivity index (χ1) is 15.2. The lowest BCUT2D eigenvalue weighted by Crippen LogP contribution is -2.41. The van der Waals surface area contributed by atoms with Gasteiger partial charge in [0.25, 0.3) is 0 Å². The first-order valence-electron chi connectivity index (χ1n) is 10.6. The highest BCUT2D eigenvalue weighted by molar-refractivity contribution is 7.92. The van der Waals surface area contributed by atoms with Crippen LogP contribution in [0.3, 0.4) is 0 Å². The lowest BCUT2D eigenvalue weighted by atomic mass is 10.1. The number of benzene rings is 2. The molecule has 1 heterocycles. The van der Waals surface area contributed by atoms with Gasteiger partial charge in [-0.1, -0.05) is 12.1 Å². The highest BCUT2D eigenvalue weighted by Gasteiger charge is 2.25. The van der Waals surface area contributed by atoms with Gasteiger partial charge in [0.05, 0.1) is 32.2 Å². The molecule has 2 aromatic rings. The van der Waals surface area contributed by atoms with Crippen LogP contribution in [-0.4, -0.2) is 54.4 Å². The third-order valence-electron chi connectivity index (χ3n) is 5.58. The van der Waals surface area contributed by atoms with Crippen LogP contribution in [0.15, 0.2) is 42.5 Å². The maximum atomic E-state index is 12.8. The highest BCUT2D eigenvalue weighted by Crippen LogP contribution is 2.33. The van der Waals surface area contributed by atoms with E-state index in [1.54, 1.807) is 12.1 Å². The average molecular weight is 462 g/mol. The molecule has 3 rings (SSSR count). The van der Waals surface area contributed by atoms with E-state index in [4.69, 9.17) is 9.47 Å². The van der Waals surface area contributed by atoms with Crippen molar-refractivity contribution in [3.05, 3.63) is 48.0 Å². The number of carbonyl (C=O) groups is 1. The molecule has 1 unspecified atom stereocenters. The van der Waals surface area contributed by atoms with Gasteiger partial charge in [0.1, 0.15) is 18.0 Å². The molecule has 8 nitrogen and oxygen atoms in total. The summed E-state index contributed by atoms with van der Waals surface area (Å²) in [6, 6.07) is 12.7. The minimum absolute atomic E-state index is 0.243. The third-order valence-corrected chi connectivity index (χ3v) is 6.71. The molecular weight excluding hydrogens is 430 g/mol. The summed E-state index contributed by atoms with van der Waals surface area (Å²) in [6.07, 6.45) is 3.48. The highest BCUT2D eigenvalue weighted by atomic mass is 32.2. The number of sulfonamides is 1. The number of rotatable bonds is 9. The molecule has 0 aromatic heterocycles. The van der Waals surface area contributed by atoms with E-state index in [0.29, 0.717) is 11.5 Å². The molecule has 0 saturated carbocycles. The Balaban J connectivity index is 1.73. The van der Waals surface area contributed by atoms with Crippen LogP contribution in [0.1, 0.15) is 31.4 Å². The van der Waals surface area contributed by atoms with Gasteiger partial charge in [-0.15, -0.1) is 0 Å². The van der Waals surface area contributed by atoms with Crippen molar-refractivity contribution in [3.8, 4) is 11.5 Å². The average Bonchev–Trinajstić information content (AvgIpc) is 3.31. The van der Waals surface area contributed by atoms with Crippen molar-refractivity contribution in [1.29, 1.82) is 0 Å². The summed E-state index contributed by atoms with van der Waals surface area (Å²) in [6.45, 7) is 3.64. The van der Waals surface area contributed by atoms with E-state index >= 15 is 0 Å². The first-order valence-corrected chi connectivity index (χ1v) is 12.4. The Morgan fingerprint density at radius 3 is 2.31 bits per heavy atom. The van der Waals surface area contributed by atoms with E-state index in [9.17, 15) is 13.2 Å². The van der Waals surface area contributed by atoms with Gasteiger partial charge in [-0.2, -0.15) is 0 Å². The Labute approximate surface area is 190 Å². The van der Waals surface area contributed by atoms with Gasteiger partial charge in [0.15, 0.2) is 0 Å². The standard InChI is InChI=1S/C23H31N3O5S/c1-17(18-7-9-19(10-8-18)25-13-5-6-14-25)24-23(27)16-26(32(4,28)29)21-15-20(30-2)11-12-22(21)31-3/h7-12,15,17H,5-6,13-14,16H2,1-4H3,(H,24,27). The van der Waals surface area contributed by atoms with E-state index in [0.717, 1.165) is 29.2 Å². The molecule has 0 aliphatic carbocycles. The number of hydrogen-bond acceptors (Lipinski definition) is 6. The van der Waals surface area contributed by atoms with Crippen LogP contribution >= 0.6 is 0 Å². The van der Waals surface area contributed by atoms with Crippen molar-refractivity contribution in [2.75, 3.05) is 49.3 Å². The molecule has 0 spiro atoms. The van der Waals surface area contributed by atoms with Crippen molar-refractivity contribution in [2.24, 2.45) is 0 Å². The molecule has 0 bridgehead atoms. The second-order valence-corrected chi connectivity index (χ2v) is 9.79. The number of nitrogens with one attached hydrogen (secondary N) is 1. The summed E-state index contributed by atoms with van der Waals surface area (Å²) in [4.78, 5) is 15.1. The van der Waals surface area contributed by atoms with Gasteiger partial charge in [-0.3, -0.25) is 9.10 Å². The van der Waals surface area contributed by atoms with Crippen molar-refractivity contribution in [3.63, 3.8) is 0 Å². The van der Waals surface area contributed by atoms with E-state index < -0.39 is 15.9 Å². The Morgan fingerprint density at radius 1 is 1.09 bits per heavy atom. The fourth-order valence-corrected chi connectivity index (χ4v) is 4.67. The predicted molar refractivity (Wildman–Crippen MR) is 126 cm³/mol. The molecular formula is C23H31N3O5S. The van der Waals surface area contributed by atoms with Crippen LogP contribution in [0.2, 0.25) is 0 Å². The maximum absolute atomic E-state index is 12.8. The number of methoxy groups -OCH3 is 2. The molecule has 1 fully saturated rings. The summed E-state index contributed by atoms with van der Waals surface area (Å²) in [5, 5.41) is 2.89. The minimum atomic E-state index is -3.75. The third kappa shape index (κ3) is 5.64. The van der Waals surface area contributed by atoms with Gasteiger partial charge >= 0.3 is 0 Å². The first kappa shape index (κ1) is 23.7. The van der Waals surface area contributed by atoms with E-state index in [1.807, 2.05) is 19.1 Å². The zero-order valence-electron chi connectivity index (χ0n) is 19.0. The predicted octanol–water partition coefficient (Wildman–Crippen LogP) is 2.95. The minimum Gasteiger partial charge on any atom is -0.497 e. The van der Waals surface area contributed by atoms with Crippen LogP contribution in [0.5, 0.6) is 11.5 Å². The van der Waals surface area contributed by atoms with Gasteiger partial charge in [-0.25, -0.2) is 8.42 Å². The number of amides is 1. The quantitative estimate of drug-likeness (QED) is 0.618. The van der Waals surface area contributed by atoms with Crippen LogP contribution in [0.25, 0.3) is 0 Å². The van der Waals surface area contributed by atoms with Crippen molar-refractivity contribution < 1.29 is 22.7 Å². The number of nitrogens with zero attached hydrogens (tertiary/aromatic N) is 2. The molecule has 174 valence electrons. The second kappa shape index (κ2) is 10.1. The summed E-state index contributed by atoms with van der Waals surface area (Å²) in [5.74, 6) is 0.368. The fraction of sp³-hybridized carbons (Fsp3) is 0.435. The van der Waals surface area contributed by atoms with Gasteiger partial charge in [0.2, 0.25) is 15.9 Å². The van der Waals surface area contributed by atoms with Gasteiger partial charge in [-0.05, 0) is 49.6 Å².